The fourth-order valence-electron chi connectivity index (χ4n) is 3.50. The number of carbonyl (C=O) groups is 2. The van der Waals surface area contributed by atoms with Gasteiger partial charge in [-0.1, -0.05) is 27.2 Å². The Balaban J connectivity index is 2.01. The molecule has 1 unspecified atom stereocenters. The van der Waals surface area contributed by atoms with Gasteiger partial charge in [-0.05, 0) is 60.5 Å². The lowest BCUT2D eigenvalue weighted by Gasteiger charge is -2.24. The molecule has 1 atom stereocenters. The summed E-state index contributed by atoms with van der Waals surface area (Å²) in [4.78, 5) is 28.2. The van der Waals surface area contributed by atoms with E-state index in [1.165, 1.54) is 11.3 Å². The minimum Gasteiger partial charge on any atom is -0.507 e. The van der Waals surface area contributed by atoms with Gasteiger partial charge in [-0.3, -0.25) is 9.59 Å². The lowest BCUT2D eigenvalue weighted by atomic mass is 9.98. The van der Waals surface area contributed by atoms with Crippen LogP contribution in [-0.2, 0) is 9.59 Å². The maximum absolute atomic E-state index is 12.9. The Kier molecular flexibility index (Phi) is 6.98. The number of nitrogens with zero attached hydrogens (tertiary/aromatic N) is 1. The Hall–Kier alpha value is -2.60. The number of aliphatic hydroxyl groups excluding tert-OH is 1. The largest absolute Gasteiger partial charge is 0.507 e. The maximum Gasteiger partial charge on any atom is 0.295 e. The van der Waals surface area contributed by atoms with Gasteiger partial charge >= 0.3 is 0 Å². The van der Waals surface area contributed by atoms with Crippen molar-refractivity contribution in [1.82, 2.24) is 4.90 Å². The first kappa shape index (κ1) is 22.1. The number of ether oxygens (including phenoxy) is 1. The van der Waals surface area contributed by atoms with Gasteiger partial charge in [0.1, 0.15) is 11.5 Å². The molecule has 0 saturated carbocycles. The van der Waals surface area contributed by atoms with Crippen LogP contribution >= 0.6 is 11.3 Å². The maximum atomic E-state index is 12.9. The zero-order valence-corrected chi connectivity index (χ0v) is 18.8. The Morgan fingerprint density at radius 3 is 2.47 bits per heavy atom. The first-order valence-corrected chi connectivity index (χ1v) is 11.3. The molecule has 0 radical (unpaired) electrons. The molecular weight excluding hydrogens is 398 g/mol. The van der Waals surface area contributed by atoms with E-state index in [2.05, 4.69) is 13.8 Å². The van der Waals surface area contributed by atoms with E-state index >= 15 is 0 Å². The average molecular weight is 428 g/mol. The molecular formula is C24H29NO4S. The summed E-state index contributed by atoms with van der Waals surface area (Å²) in [5, 5.41) is 13.0. The van der Waals surface area contributed by atoms with Crippen molar-refractivity contribution in [2.45, 2.75) is 46.6 Å². The van der Waals surface area contributed by atoms with Crippen molar-refractivity contribution >= 4 is 28.8 Å². The predicted molar refractivity (Wildman–Crippen MR) is 120 cm³/mol. The highest BCUT2D eigenvalue weighted by atomic mass is 32.1. The molecule has 1 saturated heterocycles. The van der Waals surface area contributed by atoms with E-state index in [0.717, 1.165) is 23.3 Å². The van der Waals surface area contributed by atoms with E-state index < -0.39 is 17.7 Å². The molecule has 0 spiro atoms. The summed E-state index contributed by atoms with van der Waals surface area (Å²) in [7, 11) is 0. The number of Topliss-reactive ketones (excluding diaryl/α,β-unsaturated/α-hetero) is 1. The van der Waals surface area contributed by atoms with Crippen LogP contribution < -0.4 is 4.74 Å². The van der Waals surface area contributed by atoms with Crippen molar-refractivity contribution in [2.24, 2.45) is 5.92 Å². The topological polar surface area (TPSA) is 66.8 Å². The third kappa shape index (κ3) is 4.43. The van der Waals surface area contributed by atoms with E-state index in [9.17, 15) is 14.7 Å². The number of benzene rings is 1. The number of hydrogen-bond acceptors (Lipinski definition) is 5. The first-order chi connectivity index (χ1) is 14.3. The van der Waals surface area contributed by atoms with Crippen molar-refractivity contribution in [3.8, 4) is 5.75 Å². The third-order valence-electron chi connectivity index (χ3n) is 5.15. The van der Waals surface area contributed by atoms with Crippen molar-refractivity contribution in [3.05, 3.63) is 57.3 Å². The number of carbonyl (C=O) groups excluding carboxylic acids is 2. The molecule has 0 bridgehead atoms. The second-order valence-electron chi connectivity index (χ2n) is 8.04. The Morgan fingerprint density at radius 1 is 1.20 bits per heavy atom. The molecule has 1 amide bonds. The van der Waals surface area contributed by atoms with Gasteiger partial charge in [-0.15, -0.1) is 11.3 Å². The fraction of sp³-hybridized carbons (Fsp3) is 0.417. The standard InChI is InChI=1S/C24H29NO4S/c1-5-6-12-25-20(23-16(4)11-13-30-23)19(22(27)24(25)28)21(26)17-7-9-18(10-8-17)29-14-15(2)3/h7-11,13,15,20,26H,5-6,12,14H2,1-4H3/b21-19-. The Morgan fingerprint density at radius 2 is 1.90 bits per heavy atom. The lowest BCUT2D eigenvalue weighted by molar-refractivity contribution is -0.139. The quantitative estimate of drug-likeness (QED) is 0.352. The van der Waals surface area contributed by atoms with Gasteiger partial charge in [-0.25, -0.2) is 0 Å². The number of ketones is 1. The minimum absolute atomic E-state index is 0.138. The van der Waals surface area contributed by atoms with Crippen molar-refractivity contribution in [3.63, 3.8) is 0 Å². The third-order valence-corrected chi connectivity index (χ3v) is 6.23. The smallest absolute Gasteiger partial charge is 0.295 e. The van der Waals surface area contributed by atoms with Crippen LogP contribution in [0, 0.1) is 12.8 Å². The molecule has 3 rings (SSSR count). The highest BCUT2D eigenvalue weighted by Gasteiger charge is 2.46. The number of thiophene rings is 1. The predicted octanol–water partition coefficient (Wildman–Crippen LogP) is 5.31. The van der Waals surface area contributed by atoms with E-state index in [0.29, 0.717) is 30.4 Å². The number of unbranched alkanes of at least 4 members (excludes halogenated alkanes) is 1. The van der Waals surface area contributed by atoms with Crippen LogP contribution in [0.25, 0.3) is 5.76 Å². The summed E-state index contributed by atoms with van der Waals surface area (Å²) in [5.41, 5.74) is 1.67. The van der Waals surface area contributed by atoms with E-state index in [1.807, 2.05) is 25.3 Å². The summed E-state index contributed by atoms with van der Waals surface area (Å²) in [6.45, 7) is 9.25. The van der Waals surface area contributed by atoms with Gasteiger partial charge in [0.15, 0.2) is 0 Å². The van der Waals surface area contributed by atoms with E-state index in [1.54, 1.807) is 29.2 Å². The molecule has 30 heavy (non-hydrogen) atoms. The molecule has 1 N–H and O–H groups in total. The zero-order valence-electron chi connectivity index (χ0n) is 18.0. The molecule has 1 aliphatic rings. The van der Waals surface area contributed by atoms with Gasteiger partial charge in [0.05, 0.1) is 18.2 Å². The number of hydrogen-bond donors (Lipinski definition) is 1. The van der Waals surface area contributed by atoms with Crippen LogP contribution in [0.1, 0.15) is 55.7 Å². The number of likely N-dealkylation sites (tertiary alicyclic amines) is 1. The second-order valence-corrected chi connectivity index (χ2v) is 8.99. The minimum atomic E-state index is -0.624. The first-order valence-electron chi connectivity index (χ1n) is 10.4. The molecule has 2 heterocycles. The highest BCUT2D eigenvalue weighted by Crippen LogP contribution is 2.42. The number of aryl methyl sites for hydroxylation is 1. The SMILES string of the molecule is CCCCN1C(=O)C(=O)/C(=C(\O)c2ccc(OCC(C)C)cc2)C1c1sccc1C. The molecule has 6 heteroatoms. The van der Waals surface area contributed by atoms with Crippen LogP contribution in [0.2, 0.25) is 0 Å². The number of aliphatic hydroxyl groups is 1. The van der Waals surface area contributed by atoms with E-state index in [-0.39, 0.29) is 11.3 Å². The summed E-state index contributed by atoms with van der Waals surface area (Å²) in [5.74, 6) is -0.192. The summed E-state index contributed by atoms with van der Waals surface area (Å²) < 4.78 is 5.70. The summed E-state index contributed by atoms with van der Waals surface area (Å²) in [6, 6.07) is 8.42. The molecule has 1 aliphatic heterocycles. The molecule has 1 fully saturated rings. The number of rotatable bonds is 8. The Labute approximate surface area is 182 Å². The van der Waals surface area contributed by atoms with Gasteiger partial charge in [-0.2, -0.15) is 0 Å². The van der Waals surface area contributed by atoms with Crippen molar-refractivity contribution < 1.29 is 19.4 Å². The second kappa shape index (κ2) is 9.47. The molecule has 5 nitrogen and oxygen atoms in total. The molecule has 1 aromatic heterocycles. The molecule has 2 aromatic rings. The van der Waals surface area contributed by atoms with Gasteiger partial charge in [0.25, 0.3) is 11.7 Å². The lowest BCUT2D eigenvalue weighted by Crippen LogP contribution is -2.30. The van der Waals surface area contributed by atoms with E-state index in [4.69, 9.17) is 4.74 Å². The summed E-state index contributed by atoms with van der Waals surface area (Å²) in [6.07, 6.45) is 1.72. The molecule has 1 aromatic carbocycles. The van der Waals surface area contributed by atoms with Crippen LogP contribution in [-0.4, -0.2) is 34.8 Å². The normalized spacial score (nSPS) is 18.4. The monoisotopic (exact) mass is 427 g/mol. The van der Waals surface area contributed by atoms with Crippen LogP contribution in [0.5, 0.6) is 5.75 Å². The van der Waals surface area contributed by atoms with Crippen LogP contribution in [0.15, 0.2) is 41.3 Å². The average Bonchev–Trinajstić information content (AvgIpc) is 3.25. The number of amides is 1. The van der Waals surface area contributed by atoms with Crippen LogP contribution in [0.3, 0.4) is 0 Å². The molecule has 0 aliphatic carbocycles. The van der Waals surface area contributed by atoms with Crippen LogP contribution in [0.4, 0.5) is 0 Å². The van der Waals surface area contributed by atoms with Gasteiger partial charge in [0.2, 0.25) is 0 Å². The zero-order chi connectivity index (χ0) is 21.8. The summed E-state index contributed by atoms with van der Waals surface area (Å²) >= 11 is 1.50. The van der Waals surface area contributed by atoms with Gasteiger partial charge in [0, 0.05) is 17.0 Å². The van der Waals surface area contributed by atoms with Crippen molar-refractivity contribution in [1.29, 1.82) is 0 Å². The Bertz CT molecular complexity index is 942. The van der Waals surface area contributed by atoms with Gasteiger partial charge < -0.3 is 14.7 Å². The van der Waals surface area contributed by atoms with Crippen molar-refractivity contribution in [2.75, 3.05) is 13.2 Å². The highest BCUT2D eigenvalue weighted by molar-refractivity contribution is 7.10. The fourth-order valence-corrected chi connectivity index (χ4v) is 4.55. The molecule has 160 valence electrons.